The van der Waals surface area contributed by atoms with Gasteiger partial charge in [0.2, 0.25) is 11.8 Å². The fourth-order valence-electron chi connectivity index (χ4n) is 3.73. The van der Waals surface area contributed by atoms with Crippen LogP contribution in [0.15, 0.2) is 30.3 Å². The molecule has 0 saturated carbocycles. The first-order valence-corrected chi connectivity index (χ1v) is 8.91. The van der Waals surface area contributed by atoms with E-state index in [0.29, 0.717) is 32.7 Å². The van der Waals surface area contributed by atoms with Gasteiger partial charge in [-0.05, 0) is 12.6 Å². The summed E-state index contributed by atoms with van der Waals surface area (Å²) in [4.78, 5) is 31.3. The third kappa shape index (κ3) is 4.02. The predicted molar refractivity (Wildman–Crippen MR) is 95.0 cm³/mol. The highest BCUT2D eigenvalue weighted by Crippen LogP contribution is 2.29. The zero-order valence-corrected chi connectivity index (χ0v) is 15.1. The number of hydrogen-bond donors (Lipinski definition) is 0. The van der Waals surface area contributed by atoms with E-state index in [0.717, 1.165) is 18.7 Å². The molecule has 2 amide bonds. The average Bonchev–Trinajstić information content (AvgIpc) is 3.01. The number of rotatable bonds is 5. The number of carbonyl (C=O) groups excluding carboxylic acids is 2. The van der Waals surface area contributed by atoms with Crippen LogP contribution in [0, 0.1) is 5.92 Å². The van der Waals surface area contributed by atoms with Gasteiger partial charge in [0.25, 0.3) is 0 Å². The Kier molecular flexibility index (Phi) is 5.71. The molecule has 0 aromatic heterocycles. The summed E-state index contributed by atoms with van der Waals surface area (Å²) in [6.45, 7) is 3.97. The lowest BCUT2D eigenvalue weighted by molar-refractivity contribution is -0.140. The highest BCUT2D eigenvalue weighted by molar-refractivity contribution is 5.89. The van der Waals surface area contributed by atoms with Crippen LogP contribution in [0.5, 0.6) is 0 Å². The molecule has 2 atom stereocenters. The molecule has 2 fully saturated rings. The summed E-state index contributed by atoms with van der Waals surface area (Å²) in [6, 6.07) is 10.2. The van der Waals surface area contributed by atoms with Crippen molar-refractivity contribution in [3.05, 3.63) is 35.9 Å². The first kappa shape index (κ1) is 17.9. The molecule has 0 spiro atoms. The number of piperazine rings is 1. The minimum atomic E-state index is -0.237. The summed E-state index contributed by atoms with van der Waals surface area (Å²) in [5, 5.41) is 0. The van der Waals surface area contributed by atoms with Crippen LogP contribution in [-0.2, 0) is 14.3 Å². The van der Waals surface area contributed by atoms with E-state index >= 15 is 0 Å². The minimum Gasteiger partial charge on any atom is -0.383 e. The third-order valence-electron chi connectivity index (χ3n) is 5.18. The van der Waals surface area contributed by atoms with Gasteiger partial charge in [0.05, 0.1) is 18.6 Å². The molecular weight excluding hydrogens is 318 g/mol. The van der Waals surface area contributed by atoms with Crippen LogP contribution in [0.4, 0.5) is 0 Å². The van der Waals surface area contributed by atoms with Crippen LogP contribution in [0.2, 0.25) is 0 Å². The number of carbonyl (C=O) groups is 2. The van der Waals surface area contributed by atoms with E-state index in [1.807, 2.05) is 23.1 Å². The Bertz CT molecular complexity index is 607. The zero-order chi connectivity index (χ0) is 17.8. The molecule has 0 aliphatic carbocycles. The molecule has 1 aromatic rings. The van der Waals surface area contributed by atoms with Gasteiger partial charge in [0.1, 0.15) is 0 Å². The van der Waals surface area contributed by atoms with Crippen molar-refractivity contribution in [2.75, 3.05) is 53.5 Å². The molecule has 2 heterocycles. The van der Waals surface area contributed by atoms with E-state index < -0.39 is 0 Å². The summed E-state index contributed by atoms with van der Waals surface area (Å²) in [5.74, 6) is -0.0741. The normalized spacial score (nSPS) is 24.8. The van der Waals surface area contributed by atoms with Gasteiger partial charge in [-0.2, -0.15) is 0 Å². The molecule has 25 heavy (non-hydrogen) atoms. The SMILES string of the molecule is COCCN1C[C@@H](C(=O)N2CCN(C)C[C@@H]2c2ccccc2)CC1=O. The largest absolute Gasteiger partial charge is 0.383 e. The lowest BCUT2D eigenvalue weighted by atomic mass is 9.99. The van der Waals surface area contributed by atoms with Crippen molar-refractivity contribution in [1.82, 2.24) is 14.7 Å². The molecule has 1 aromatic carbocycles. The number of likely N-dealkylation sites (tertiary alicyclic amines) is 1. The second-order valence-corrected chi connectivity index (χ2v) is 6.95. The Balaban J connectivity index is 1.72. The van der Waals surface area contributed by atoms with E-state index in [1.165, 1.54) is 0 Å². The number of likely N-dealkylation sites (N-methyl/N-ethyl adjacent to an activating group) is 1. The number of nitrogens with zero attached hydrogens (tertiary/aromatic N) is 3. The molecule has 2 saturated heterocycles. The summed E-state index contributed by atoms with van der Waals surface area (Å²) in [5.41, 5.74) is 1.16. The maximum atomic E-state index is 13.2. The summed E-state index contributed by atoms with van der Waals surface area (Å²) < 4.78 is 5.06. The Labute approximate surface area is 149 Å². The van der Waals surface area contributed by atoms with Crippen molar-refractivity contribution in [3.63, 3.8) is 0 Å². The molecule has 0 bridgehead atoms. The van der Waals surface area contributed by atoms with Gasteiger partial charge in [0, 0.05) is 46.3 Å². The Morgan fingerprint density at radius 1 is 1.20 bits per heavy atom. The van der Waals surface area contributed by atoms with Gasteiger partial charge in [0.15, 0.2) is 0 Å². The van der Waals surface area contributed by atoms with Crippen molar-refractivity contribution < 1.29 is 14.3 Å². The minimum absolute atomic E-state index is 0.0515. The Morgan fingerprint density at radius 3 is 2.68 bits per heavy atom. The Hall–Kier alpha value is -1.92. The lowest BCUT2D eigenvalue weighted by Gasteiger charge is -2.41. The van der Waals surface area contributed by atoms with Crippen molar-refractivity contribution >= 4 is 11.8 Å². The van der Waals surface area contributed by atoms with Crippen molar-refractivity contribution in [3.8, 4) is 0 Å². The summed E-state index contributed by atoms with van der Waals surface area (Å²) in [6.07, 6.45) is 0.316. The van der Waals surface area contributed by atoms with Crippen LogP contribution >= 0.6 is 0 Å². The highest BCUT2D eigenvalue weighted by atomic mass is 16.5. The average molecular weight is 345 g/mol. The first-order chi connectivity index (χ1) is 12.1. The molecule has 6 heteroatoms. The molecule has 0 N–H and O–H groups in total. The maximum absolute atomic E-state index is 13.2. The van der Waals surface area contributed by atoms with E-state index in [9.17, 15) is 9.59 Å². The van der Waals surface area contributed by atoms with E-state index in [-0.39, 0.29) is 23.8 Å². The van der Waals surface area contributed by atoms with Crippen molar-refractivity contribution in [2.45, 2.75) is 12.5 Å². The molecule has 2 aliphatic rings. The van der Waals surface area contributed by atoms with Crippen LogP contribution in [0.1, 0.15) is 18.0 Å². The molecule has 3 rings (SSSR count). The molecule has 0 unspecified atom stereocenters. The van der Waals surface area contributed by atoms with Crippen molar-refractivity contribution in [1.29, 1.82) is 0 Å². The summed E-state index contributed by atoms with van der Waals surface area (Å²) >= 11 is 0. The maximum Gasteiger partial charge on any atom is 0.228 e. The fraction of sp³-hybridized carbons (Fsp3) is 0.579. The second kappa shape index (κ2) is 7.97. The molecule has 6 nitrogen and oxygen atoms in total. The van der Waals surface area contributed by atoms with Gasteiger partial charge in [-0.25, -0.2) is 0 Å². The van der Waals surface area contributed by atoms with Crippen LogP contribution in [-0.4, -0.2) is 80.0 Å². The number of hydrogen-bond acceptors (Lipinski definition) is 4. The molecular formula is C19H27N3O3. The van der Waals surface area contributed by atoms with Crippen molar-refractivity contribution in [2.24, 2.45) is 5.92 Å². The third-order valence-corrected chi connectivity index (χ3v) is 5.18. The topological polar surface area (TPSA) is 53.1 Å². The van der Waals surface area contributed by atoms with Gasteiger partial charge in [-0.3, -0.25) is 9.59 Å². The molecule has 2 aliphatic heterocycles. The first-order valence-electron chi connectivity index (χ1n) is 8.91. The Morgan fingerprint density at radius 2 is 1.96 bits per heavy atom. The van der Waals surface area contributed by atoms with Gasteiger partial charge in [-0.15, -0.1) is 0 Å². The second-order valence-electron chi connectivity index (χ2n) is 6.95. The van der Waals surface area contributed by atoms with E-state index in [2.05, 4.69) is 24.1 Å². The van der Waals surface area contributed by atoms with Gasteiger partial charge in [-0.1, -0.05) is 30.3 Å². The number of methoxy groups -OCH3 is 1. The summed E-state index contributed by atoms with van der Waals surface area (Å²) in [7, 11) is 3.71. The van der Waals surface area contributed by atoms with Crippen LogP contribution in [0.3, 0.4) is 0 Å². The highest BCUT2D eigenvalue weighted by Gasteiger charge is 2.39. The predicted octanol–water partition coefficient (Wildman–Crippen LogP) is 0.997. The van der Waals surface area contributed by atoms with E-state index in [4.69, 9.17) is 4.74 Å². The van der Waals surface area contributed by atoms with Gasteiger partial charge < -0.3 is 19.4 Å². The molecule has 136 valence electrons. The number of benzene rings is 1. The fourth-order valence-corrected chi connectivity index (χ4v) is 3.73. The number of ether oxygens (including phenoxy) is 1. The van der Waals surface area contributed by atoms with E-state index in [1.54, 1.807) is 12.0 Å². The van der Waals surface area contributed by atoms with Crippen LogP contribution < -0.4 is 0 Å². The standard InChI is InChI=1S/C19H27N3O3/c1-20-8-9-22(17(14-20)15-6-4-3-5-7-15)19(24)16-12-18(23)21(13-16)10-11-25-2/h3-7,16-17H,8-14H2,1-2H3/t16-,17+/m0/s1. The number of amides is 2. The smallest absolute Gasteiger partial charge is 0.228 e. The quantitative estimate of drug-likeness (QED) is 0.799. The molecule has 0 radical (unpaired) electrons. The lowest BCUT2D eigenvalue weighted by Crippen LogP contribution is -2.51. The van der Waals surface area contributed by atoms with Crippen LogP contribution in [0.25, 0.3) is 0 Å². The monoisotopic (exact) mass is 345 g/mol. The zero-order valence-electron chi connectivity index (χ0n) is 15.1. The van der Waals surface area contributed by atoms with Gasteiger partial charge >= 0.3 is 0 Å².